The van der Waals surface area contributed by atoms with Gasteiger partial charge in [0, 0.05) is 17.3 Å². The Morgan fingerprint density at radius 2 is 1.86 bits per heavy atom. The highest BCUT2D eigenvalue weighted by atomic mass is 16.6. The Kier molecular flexibility index (Phi) is 6.39. The number of carbonyl (C=O) groups excluding carboxylic acids is 2. The van der Waals surface area contributed by atoms with E-state index >= 15 is 0 Å². The minimum absolute atomic E-state index is 0.116. The van der Waals surface area contributed by atoms with Crippen molar-refractivity contribution in [1.82, 2.24) is 0 Å². The lowest BCUT2D eigenvalue weighted by atomic mass is 9.94. The molecule has 0 aromatic heterocycles. The molecule has 1 amide bonds. The molecule has 0 aliphatic carbocycles. The number of benzene rings is 3. The number of nitriles is 1. The van der Waals surface area contributed by atoms with Crippen LogP contribution in [0.25, 0.3) is 5.76 Å². The third-order valence-electron chi connectivity index (χ3n) is 5.65. The van der Waals surface area contributed by atoms with Crippen LogP contribution in [0.5, 0.6) is 11.5 Å². The van der Waals surface area contributed by atoms with Gasteiger partial charge in [-0.15, -0.1) is 0 Å². The Morgan fingerprint density at radius 3 is 2.50 bits per heavy atom. The quantitative estimate of drug-likeness (QED) is 0.173. The van der Waals surface area contributed by atoms with Crippen molar-refractivity contribution in [3.05, 3.63) is 99.1 Å². The van der Waals surface area contributed by atoms with Gasteiger partial charge in [0.15, 0.2) is 5.75 Å². The fourth-order valence-corrected chi connectivity index (χ4v) is 4.02. The maximum Gasteiger partial charge on any atom is 0.311 e. The first-order valence-electron chi connectivity index (χ1n) is 10.8. The Hall–Kier alpha value is -5.17. The molecule has 1 unspecified atom stereocenters. The van der Waals surface area contributed by atoms with Crippen LogP contribution in [0.4, 0.5) is 11.4 Å². The molecule has 1 fully saturated rings. The maximum absolute atomic E-state index is 13.2. The number of rotatable bonds is 6. The molecule has 0 radical (unpaired) electrons. The van der Waals surface area contributed by atoms with Gasteiger partial charge in [-0.3, -0.25) is 24.6 Å². The molecule has 1 aliphatic heterocycles. The number of nitro groups is 1. The number of aliphatic hydroxyl groups excluding tert-OH is 1. The number of carbonyl (C=O) groups is 2. The van der Waals surface area contributed by atoms with E-state index < -0.39 is 39.9 Å². The van der Waals surface area contributed by atoms with Gasteiger partial charge in [0.2, 0.25) is 0 Å². The first-order chi connectivity index (χ1) is 17.3. The summed E-state index contributed by atoms with van der Waals surface area (Å²) in [7, 11) is 0. The van der Waals surface area contributed by atoms with Crippen LogP contribution < -0.4 is 9.64 Å². The molecule has 0 bridgehead atoms. The van der Waals surface area contributed by atoms with E-state index in [1.165, 1.54) is 42.5 Å². The van der Waals surface area contributed by atoms with Crippen LogP contribution in [0.3, 0.4) is 0 Å². The van der Waals surface area contributed by atoms with Gasteiger partial charge in [-0.25, -0.2) is 0 Å². The number of aliphatic hydroxyl groups is 1. The van der Waals surface area contributed by atoms with E-state index in [1.807, 2.05) is 6.07 Å². The van der Waals surface area contributed by atoms with Crippen LogP contribution >= 0.6 is 0 Å². The molecule has 36 heavy (non-hydrogen) atoms. The van der Waals surface area contributed by atoms with Crippen LogP contribution in [0.2, 0.25) is 0 Å². The molecule has 10 heteroatoms. The largest absolute Gasteiger partial charge is 0.507 e. The summed E-state index contributed by atoms with van der Waals surface area (Å²) in [6.07, 6.45) is 0. The normalized spacial score (nSPS) is 16.6. The highest BCUT2D eigenvalue weighted by Crippen LogP contribution is 2.44. The van der Waals surface area contributed by atoms with E-state index in [-0.39, 0.29) is 22.4 Å². The summed E-state index contributed by atoms with van der Waals surface area (Å²) in [5.41, 5.74) is -0.0456. The van der Waals surface area contributed by atoms with E-state index in [2.05, 4.69) is 0 Å². The number of phenolic OH excluding ortho intramolecular Hbond substituents is 1. The zero-order valence-corrected chi connectivity index (χ0v) is 18.9. The third-order valence-corrected chi connectivity index (χ3v) is 5.65. The molecule has 4 rings (SSSR count). The number of ketones is 1. The van der Waals surface area contributed by atoms with Crippen molar-refractivity contribution in [1.29, 1.82) is 5.26 Å². The standard InChI is InChI=1S/C26H19N3O7/c1-2-36-19-5-3-4-17(12-19)24(31)22-23(16-8-11-21(30)20(13-16)29(34)35)28(26(33)25(22)32)18-9-6-15(14-27)7-10-18/h3-13,23,30-31H,2H2,1H3/b24-22-. The van der Waals surface area contributed by atoms with Crippen LogP contribution in [0.1, 0.15) is 29.7 Å². The van der Waals surface area contributed by atoms with E-state index in [1.54, 1.807) is 19.1 Å². The molecule has 2 N–H and O–H groups in total. The summed E-state index contributed by atoms with van der Waals surface area (Å²) in [5, 5.41) is 41.7. The molecular weight excluding hydrogens is 466 g/mol. The SMILES string of the molecule is CCOc1cccc(/C(O)=C2/C(=O)C(=O)N(c3ccc(C#N)cc3)C2c2ccc(O)c([N+](=O)[O-])c2)c1. The van der Waals surface area contributed by atoms with Gasteiger partial charge in [-0.05, 0) is 55.0 Å². The van der Waals surface area contributed by atoms with Gasteiger partial charge in [0.25, 0.3) is 11.7 Å². The van der Waals surface area contributed by atoms with E-state index in [0.29, 0.717) is 17.9 Å². The molecule has 180 valence electrons. The number of phenols is 1. The number of nitrogens with zero attached hydrogens (tertiary/aromatic N) is 3. The molecule has 1 saturated heterocycles. The zero-order chi connectivity index (χ0) is 26.0. The summed E-state index contributed by atoms with van der Waals surface area (Å²) in [6.45, 7) is 2.15. The van der Waals surface area contributed by atoms with Crippen molar-refractivity contribution in [3.63, 3.8) is 0 Å². The molecule has 0 spiro atoms. The second-order valence-electron chi connectivity index (χ2n) is 7.79. The van der Waals surface area contributed by atoms with Crippen LogP contribution in [-0.2, 0) is 9.59 Å². The van der Waals surface area contributed by atoms with Crippen molar-refractivity contribution >= 4 is 28.8 Å². The number of aromatic hydroxyl groups is 1. The average molecular weight is 485 g/mol. The minimum Gasteiger partial charge on any atom is -0.507 e. The average Bonchev–Trinajstić information content (AvgIpc) is 3.14. The molecule has 1 heterocycles. The highest BCUT2D eigenvalue weighted by Gasteiger charge is 2.47. The van der Waals surface area contributed by atoms with Crippen molar-refractivity contribution in [2.45, 2.75) is 13.0 Å². The zero-order valence-electron chi connectivity index (χ0n) is 18.9. The van der Waals surface area contributed by atoms with Crippen LogP contribution in [0.15, 0.2) is 72.3 Å². The van der Waals surface area contributed by atoms with Gasteiger partial charge in [0.1, 0.15) is 11.5 Å². The fourth-order valence-electron chi connectivity index (χ4n) is 4.02. The predicted octanol–water partition coefficient (Wildman–Crippen LogP) is 4.20. The number of Topliss-reactive ketones (excluding diaryl/α,β-unsaturated/α-hetero) is 1. The van der Waals surface area contributed by atoms with Gasteiger partial charge in [-0.1, -0.05) is 18.2 Å². The Bertz CT molecular complexity index is 1460. The number of nitro benzene ring substituents is 1. The van der Waals surface area contributed by atoms with Crippen LogP contribution in [-0.4, -0.2) is 33.4 Å². The first-order valence-corrected chi connectivity index (χ1v) is 10.8. The summed E-state index contributed by atoms with van der Waals surface area (Å²) in [6, 6.07) is 16.3. The molecule has 10 nitrogen and oxygen atoms in total. The minimum atomic E-state index is -1.26. The summed E-state index contributed by atoms with van der Waals surface area (Å²) < 4.78 is 5.46. The number of hydrogen-bond acceptors (Lipinski definition) is 8. The highest BCUT2D eigenvalue weighted by molar-refractivity contribution is 6.51. The van der Waals surface area contributed by atoms with E-state index in [0.717, 1.165) is 17.0 Å². The summed E-state index contributed by atoms with van der Waals surface area (Å²) in [5.74, 6) is -2.63. The number of anilines is 1. The number of hydrogen-bond donors (Lipinski definition) is 2. The van der Waals surface area contributed by atoms with E-state index in [4.69, 9.17) is 10.00 Å². The maximum atomic E-state index is 13.2. The first kappa shape index (κ1) is 24.0. The van der Waals surface area contributed by atoms with E-state index in [9.17, 15) is 29.9 Å². The van der Waals surface area contributed by atoms with Crippen molar-refractivity contribution in [3.8, 4) is 17.6 Å². The van der Waals surface area contributed by atoms with Crippen molar-refractivity contribution in [2.75, 3.05) is 11.5 Å². The van der Waals surface area contributed by atoms with Crippen molar-refractivity contribution in [2.24, 2.45) is 0 Å². The predicted molar refractivity (Wildman–Crippen MR) is 128 cm³/mol. The molecule has 0 saturated carbocycles. The van der Waals surface area contributed by atoms with Gasteiger partial charge >= 0.3 is 5.69 Å². The molecule has 1 atom stereocenters. The second kappa shape index (κ2) is 9.60. The Balaban J connectivity index is 1.96. The second-order valence-corrected chi connectivity index (χ2v) is 7.79. The topological polar surface area (TPSA) is 154 Å². The molecule has 1 aliphatic rings. The lowest BCUT2D eigenvalue weighted by molar-refractivity contribution is -0.385. The number of amides is 1. The smallest absolute Gasteiger partial charge is 0.311 e. The Morgan fingerprint density at radius 1 is 1.14 bits per heavy atom. The molecule has 3 aromatic rings. The molecular formula is C26H19N3O7. The Labute approximate surface area is 205 Å². The summed E-state index contributed by atoms with van der Waals surface area (Å²) in [4.78, 5) is 38.2. The summed E-state index contributed by atoms with van der Waals surface area (Å²) >= 11 is 0. The monoisotopic (exact) mass is 485 g/mol. The van der Waals surface area contributed by atoms with Crippen molar-refractivity contribution < 1.29 is 29.5 Å². The molecule has 3 aromatic carbocycles. The number of ether oxygens (including phenoxy) is 1. The van der Waals surface area contributed by atoms with Gasteiger partial charge < -0.3 is 14.9 Å². The lowest BCUT2D eigenvalue weighted by Gasteiger charge is -2.25. The lowest BCUT2D eigenvalue weighted by Crippen LogP contribution is -2.29. The fraction of sp³-hybridized carbons (Fsp3) is 0.115. The van der Waals surface area contributed by atoms with Gasteiger partial charge in [-0.2, -0.15) is 5.26 Å². The van der Waals surface area contributed by atoms with Crippen LogP contribution in [0, 0.1) is 21.4 Å². The third kappa shape index (κ3) is 4.21. The van der Waals surface area contributed by atoms with Gasteiger partial charge in [0.05, 0.1) is 34.8 Å².